The van der Waals surface area contributed by atoms with E-state index in [1.165, 1.54) is 5.56 Å². The number of nitriles is 1. The molecule has 0 amide bonds. The van der Waals surface area contributed by atoms with Crippen LogP contribution in [0.2, 0.25) is 0 Å². The van der Waals surface area contributed by atoms with Gasteiger partial charge >= 0.3 is 113 Å². The summed E-state index contributed by atoms with van der Waals surface area (Å²) in [5.41, 5.74) is 3.22. The first-order valence-corrected chi connectivity index (χ1v) is 6.63. The van der Waals surface area contributed by atoms with Gasteiger partial charge in [-0.05, 0) is 0 Å². The van der Waals surface area contributed by atoms with E-state index in [-0.39, 0.29) is 0 Å². The fraction of sp³-hybridized carbons (Fsp3) is 0.0714. The summed E-state index contributed by atoms with van der Waals surface area (Å²) >= 11 is 2.50. The monoisotopic (exact) mass is 405 g/mol. The number of ether oxygens (including phenoxy) is 1. The van der Waals surface area contributed by atoms with Crippen LogP contribution in [0.1, 0.15) is 5.56 Å². The number of hydrogen-bond acceptors (Lipinski definition) is 2. The Balaban J connectivity index is 2.53. The van der Waals surface area contributed by atoms with Crippen molar-refractivity contribution in [1.29, 1.82) is 5.26 Å². The van der Waals surface area contributed by atoms with E-state index >= 15 is 0 Å². The molecule has 0 aromatic heterocycles. The molecular formula is C14H10AuNO. The van der Waals surface area contributed by atoms with Gasteiger partial charge in [-0.2, -0.15) is 0 Å². The van der Waals surface area contributed by atoms with Crippen molar-refractivity contribution >= 4 is 0 Å². The molecule has 0 aliphatic heterocycles. The van der Waals surface area contributed by atoms with Crippen molar-refractivity contribution in [3.05, 3.63) is 54.1 Å². The summed E-state index contributed by atoms with van der Waals surface area (Å²) in [7, 11) is 0. The molecule has 0 fully saturated rings. The SMILES string of the molecule is N#COc1ccc([CH2][Au])cc1-c1ccccc1. The molecule has 2 aromatic rings. The van der Waals surface area contributed by atoms with Crippen LogP contribution in [0.15, 0.2) is 48.5 Å². The van der Waals surface area contributed by atoms with Gasteiger partial charge in [0.1, 0.15) is 0 Å². The first kappa shape index (κ1) is 11.9. The zero-order valence-corrected chi connectivity index (χ0v) is 11.1. The summed E-state index contributed by atoms with van der Waals surface area (Å²) in [5.74, 6) is 0.601. The Morgan fingerprint density at radius 2 is 1.88 bits per heavy atom. The van der Waals surface area contributed by atoms with Crippen molar-refractivity contribution in [2.24, 2.45) is 0 Å². The van der Waals surface area contributed by atoms with Gasteiger partial charge in [0.15, 0.2) is 0 Å². The van der Waals surface area contributed by atoms with Crippen molar-refractivity contribution in [1.82, 2.24) is 0 Å². The number of benzene rings is 2. The number of hydrogen-bond donors (Lipinski definition) is 0. The summed E-state index contributed by atoms with van der Waals surface area (Å²) < 4.78 is 5.90. The molecule has 3 heteroatoms. The first-order chi connectivity index (χ1) is 8.35. The number of rotatable bonds is 3. The van der Waals surface area contributed by atoms with E-state index in [4.69, 9.17) is 10.00 Å². The third kappa shape index (κ3) is 2.78. The summed E-state index contributed by atoms with van der Waals surface area (Å²) in [6.45, 7) is 0. The predicted molar refractivity (Wildman–Crippen MR) is 61.8 cm³/mol. The standard InChI is InChI=1S/C14H10NO.Au/c1-11-7-8-14(16-10-15)13(9-11)12-5-3-2-4-6-12;/h2-9H,1H2;. The summed E-state index contributed by atoms with van der Waals surface area (Å²) in [4.78, 5) is 0. The molecule has 2 aromatic carbocycles. The normalized spacial score (nSPS) is 9.71. The molecule has 0 aliphatic carbocycles. The summed E-state index contributed by atoms with van der Waals surface area (Å²) in [6.07, 6.45) is 1.73. The van der Waals surface area contributed by atoms with Gasteiger partial charge in [0, 0.05) is 0 Å². The van der Waals surface area contributed by atoms with Crippen LogP contribution >= 0.6 is 0 Å². The van der Waals surface area contributed by atoms with Crippen LogP contribution in [0.3, 0.4) is 0 Å². The van der Waals surface area contributed by atoms with Gasteiger partial charge in [-0.15, -0.1) is 0 Å². The van der Waals surface area contributed by atoms with Gasteiger partial charge in [0.25, 0.3) is 0 Å². The van der Waals surface area contributed by atoms with Gasteiger partial charge in [-0.3, -0.25) is 0 Å². The fourth-order valence-corrected chi connectivity index (χ4v) is 2.10. The number of nitrogens with zero attached hydrogens (tertiary/aromatic N) is 1. The van der Waals surface area contributed by atoms with Crippen molar-refractivity contribution in [3.8, 4) is 23.1 Å². The quantitative estimate of drug-likeness (QED) is 0.580. The minimum atomic E-state index is 0.601. The van der Waals surface area contributed by atoms with Crippen molar-refractivity contribution in [3.63, 3.8) is 0 Å². The summed E-state index contributed by atoms with van der Waals surface area (Å²) in [5, 5.41) is 8.64. The zero-order valence-electron chi connectivity index (χ0n) is 8.98. The van der Waals surface area contributed by atoms with Crippen LogP contribution in [0, 0.1) is 11.5 Å². The fourth-order valence-electron chi connectivity index (χ4n) is 1.62. The van der Waals surface area contributed by atoms with E-state index in [1.807, 2.05) is 42.5 Å². The van der Waals surface area contributed by atoms with E-state index in [0.29, 0.717) is 5.75 Å². The molecule has 17 heavy (non-hydrogen) atoms. The van der Waals surface area contributed by atoms with E-state index in [0.717, 1.165) is 15.8 Å². The third-order valence-electron chi connectivity index (χ3n) is 2.41. The topological polar surface area (TPSA) is 33.0 Å². The van der Waals surface area contributed by atoms with Crippen LogP contribution < -0.4 is 4.74 Å². The Morgan fingerprint density at radius 1 is 1.12 bits per heavy atom. The Labute approximate surface area is 113 Å². The molecule has 0 spiro atoms. The van der Waals surface area contributed by atoms with Gasteiger partial charge in [-0.1, -0.05) is 0 Å². The zero-order chi connectivity index (χ0) is 12.1. The Kier molecular flexibility index (Phi) is 4.00. The minimum absolute atomic E-state index is 0.601. The van der Waals surface area contributed by atoms with E-state index in [9.17, 15) is 0 Å². The second-order valence-electron chi connectivity index (χ2n) is 3.50. The van der Waals surface area contributed by atoms with Crippen molar-refractivity contribution in [2.75, 3.05) is 0 Å². The second-order valence-corrected chi connectivity index (χ2v) is 4.26. The van der Waals surface area contributed by atoms with Crippen LogP contribution in [0.5, 0.6) is 5.75 Å². The molecule has 0 saturated carbocycles. The van der Waals surface area contributed by atoms with Gasteiger partial charge in [-0.25, -0.2) is 0 Å². The Hall–Kier alpha value is -1.53. The molecule has 0 heterocycles. The van der Waals surface area contributed by atoms with Crippen LogP contribution in [0.25, 0.3) is 11.1 Å². The molecule has 0 atom stereocenters. The van der Waals surface area contributed by atoms with Gasteiger partial charge < -0.3 is 0 Å². The van der Waals surface area contributed by atoms with Gasteiger partial charge in [0.2, 0.25) is 0 Å². The molecule has 0 saturated heterocycles. The molecule has 0 bridgehead atoms. The molecule has 0 unspecified atom stereocenters. The van der Waals surface area contributed by atoms with Crippen LogP contribution in [0.4, 0.5) is 0 Å². The Bertz CT molecular complexity index is 546. The molecule has 0 radical (unpaired) electrons. The van der Waals surface area contributed by atoms with Gasteiger partial charge in [0.05, 0.1) is 0 Å². The van der Waals surface area contributed by atoms with E-state index < -0.39 is 0 Å². The molecular weight excluding hydrogens is 395 g/mol. The maximum atomic E-state index is 8.64. The summed E-state index contributed by atoms with van der Waals surface area (Å²) in [6, 6.07) is 15.8. The molecule has 88 valence electrons. The second kappa shape index (κ2) is 5.70. The van der Waals surface area contributed by atoms with Crippen LogP contribution in [-0.2, 0) is 25.7 Å². The van der Waals surface area contributed by atoms with E-state index in [1.54, 1.807) is 6.26 Å². The van der Waals surface area contributed by atoms with Crippen molar-refractivity contribution < 1.29 is 25.8 Å². The van der Waals surface area contributed by atoms with E-state index in [2.05, 4.69) is 27.1 Å². The molecule has 2 rings (SSSR count). The maximum absolute atomic E-state index is 8.64. The average Bonchev–Trinajstić information content (AvgIpc) is 2.40. The Morgan fingerprint density at radius 3 is 2.53 bits per heavy atom. The van der Waals surface area contributed by atoms with Crippen LogP contribution in [-0.4, -0.2) is 0 Å². The third-order valence-corrected chi connectivity index (χ3v) is 3.29. The molecule has 2 nitrogen and oxygen atoms in total. The molecule has 0 N–H and O–H groups in total. The molecule has 0 aliphatic rings. The first-order valence-electron chi connectivity index (χ1n) is 5.10. The van der Waals surface area contributed by atoms with Crippen molar-refractivity contribution in [2.45, 2.75) is 4.64 Å². The average molecular weight is 405 g/mol. The predicted octanol–water partition coefficient (Wildman–Crippen LogP) is 3.26.